The first kappa shape index (κ1) is 17.4. The fraction of sp³-hybridized carbons (Fsp3) is 0.562. The second-order valence-corrected chi connectivity index (χ2v) is 6.55. The lowest BCUT2D eigenvalue weighted by atomic mass is 9.84. The average Bonchev–Trinajstić information content (AvgIpc) is 3.06. The van der Waals surface area contributed by atoms with Crippen LogP contribution in [0.1, 0.15) is 24.8 Å². The summed E-state index contributed by atoms with van der Waals surface area (Å²) in [5, 5.41) is 3.63. The van der Waals surface area contributed by atoms with E-state index in [0.29, 0.717) is 29.2 Å². The van der Waals surface area contributed by atoms with E-state index in [4.69, 9.17) is 22.1 Å². The molecule has 0 saturated heterocycles. The molecule has 2 aliphatic carbocycles. The van der Waals surface area contributed by atoms with Gasteiger partial charge in [0.25, 0.3) is 0 Å². The molecule has 3 rings (SSSR count). The van der Waals surface area contributed by atoms with Gasteiger partial charge in [0, 0.05) is 23.2 Å². The Morgan fingerprint density at radius 2 is 2.14 bits per heavy atom. The maximum atomic E-state index is 12.4. The Labute approximate surface area is 142 Å². The highest BCUT2D eigenvalue weighted by molar-refractivity contribution is 6.30. The van der Waals surface area contributed by atoms with Gasteiger partial charge in [-0.25, -0.2) is 0 Å². The number of halogens is 2. The molecule has 0 spiro atoms. The van der Waals surface area contributed by atoms with Gasteiger partial charge >= 0.3 is 0 Å². The highest BCUT2D eigenvalue weighted by Crippen LogP contribution is 2.47. The van der Waals surface area contributed by atoms with Crippen LogP contribution in [-0.2, 0) is 11.3 Å². The van der Waals surface area contributed by atoms with E-state index in [2.05, 4.69) is 5.32 Å². The quantitative estimate of drug-likeness (QED) is 0.882. The van der Waals surface area contributed by atoms with Crippen LogP contribution in [0.2, 0.25) is 5.02 Å². The Bertz CT molecular complexity index is 551. The molecule has 2 aliphatic rings. The summed E-state index contributed by atoms with van der Waals surface area (Å²) in [6.07, 6.45) is 3.44. The van der Waals surface area contributed by atoms with Crippen molar-refractivity contribution in [2.45, 2.75) is 31.8 Å². The Morgan fingerprint density at radius 1 is 1.41 bits per heavy atom. The van der Waals surface area contributed by atoms with Crippen molar-refractivity contribution in [1.82, 2.24) is 5.32 Å². The largest absolute Gasteiger partial charge is 0.496 e. The van der Waals surface area contributed by atoms with Crippen LogP contribution in [0.4, 0.5) is 0 Å². The van der Waals surface area contributed by atoms with Crippen LogP contribution >= 0.6 is 24.0 Å². The van der Waals surface area contributed by atoms with Crippen LogP contribution in [0.5, 0.6) is 5.75 Å². The van der Waals surface area contributed by atoms with Gasteiger partial charge in [0.05, 0.1) is 13.0 Å². The number of methoxy groups -OCH3 is 1. The summed E-state index contributed by atoms with van der Waals surface area (Å²) in [4.78, 5) is 12.4. The summed E-state index contributed by atoms with van der Waals surface area (Å²) in [6, 6.07) is 5.46. The maximum Gasteiger partial charge on any atom is 0.225 e. The van der Waals surface area contributed by atoms with Gasteiger partial charge in [-0.05, 0) is 43.2 Å². The number of ether oxygens (including phenoxy) is 1. The molecule has 6 heteroatoms. The van der Waals surface area contributed by atoms with Crippen molar-refractivity contribution in [2.24, 2.45) is 23.5 Å². The third-order valence-electron chi connectivity index (χ3n) is 4.99. The van der Waals surface area contributed by atoms with E-state index in [1.54, 1.807) is 19.2 Å². The number of carbonyl (C=O) groups excluding carboxylic acids is 1. The van der Waals surface area contributed by atoms with E-state index in [1.807, 2.05) is 6.07 Å². The minimum absolute atomic E-state index is 0. The minimum Gasteiger partial charge on any atom is -0.496 e. The Morgan fingerprint density at radius 3 is 2.77 bits per heavy atom. The summed E-state index contributed by atoms with van der Waals surface area (Å²) in [7, 11) is 1.60. The number of hydrogen-bond acceptors (Lipinski definition) is 3. The topological polar surface area (TPSA) is 64.3 Å². The lowest BCUT2D eigenvalue weighted by molar-refractivity contribution is -0.127. The van der Waals surface area contributed by atoms with E-state index >= 15 is 0 Å². The molecule has 4 nitrogen and oxygen atoms in total. The summed E-state index contributed by atoms with van der Waals surface area (Å²) in [5.41, 5.74) is 7.13. The SMILES string of the molecule is COc1cc(Cl)ccc1CNC(=O)C1C2CCC(C2)C1N.Cl. The molecule has 4 unspecified atom stereocenters. The maximum absolute atomic E-state index is 12.4. The second-order valence-electron chi connectivity index (χ2n) is 6.11. The molecular weight excluding hydrogens is 323 g/mol. The van der Waals surface area contributed by atoms with Crippen molar-refractivity contribution in [3.05, 3.63) is 28.8 Å². The van der Waals surface area contributed by atoms with Gasteiger partial charge in [-0.3, -0.25) is 4.79 Å². The summed E-state index contributed by atoms with van der Waals surface area (Å²) in [5.74, 6) is 1.75. The van der Waals surface area contributed by atoms with Crippen LogP contribution < -0.4 is 15.8 Å². The number of fused-ring (bicyclic) bond motifs is 2. The first-order valence-corrected chi connectivity index (χ1v) is 7.83. The monoisotopic (exact) mass is 344 g/mol. The van der Waals surface area contributed by atoms with Crippen molar-refractivity contribution >= 4 is 29.9 Å². The van der Waals surface area contributed by atoms with Crippen LogP contribution in [-0.4, -0.2) is 19.1 Å². The van der Waals surface area contributed by atoms with Crippen molar-refractivity contribution in [3.63, 3.8) is 0 Å². The first-order chi connectivity index (χ1) is 10.1. The molecule has 2 saturated carbocycles. The van der Waals surface area contributed by atoms with Crippen molar-refractivity contribution in [2.75, 3.05) is 7.11 Å². The smallest absolute Gasteiger partial charge is 0.225 e. The van der Waals surface area contributed by atoms with E-state index < -0.39 is 0 Å². The number of carbonyl (C=O) groups is 1. The molecule has 122 valence electrons. The molecule has 4 atom stereocenters. The van der Waals surface area contributed by atoms with Crippen LogP contribution in [0.3, 0.4) is 0 Å². The van der Waals surface area contributed by atoms with Crippen molar-refractivity contribution < 1.29 is 9.53 Å². The summed E-state index contributed by atoms with van der Waals surface area (Å²) in [6.45, 7) is 0.444. The van der Waals surface area contributed by atoms with Crippen molar-refractivity contribution in [3.8, 4) is 5.75 Å². The normalized spacial score (nSPS) is 29.0. The van der Waals surface area contributed by atoms with Crippen LogP contribution in [0.15, 0.2) is 18.2 Å². The fourth-order valence-electron chi connectivity index (χ4n) is 3.89. The van der Waals surface area contributed by atoms with Gasteiger partial charge in [-0.2, -0.15) is 0 Å². The van der Waals surface area contributed by atoms with Crippen LogP contribution in [0.25, 0.3) is 0 Å². The lowest BCUT2D eigenvalue weighted by Crippen LogP contribution is -2.45. The molecule has 3 N–H and O–H groups in total. The third kappa shape index (κ3) is 3.19. The number of nitrogens with one attached hydrogen (secondary N) is 1. The molecule has 1 amide bonds. The minimum atomic E-state index is -0.0259. The zero-order chi connectivity index (χ0) is 15.0. The average molecular weight is 345 g/mol. The van der Waals surface area contributed by atoms with E-state index in [0.717, 1.165) is 18.4 Å². The molecule has 1 aromatic rings. The number of nitrogens with two attached hydrogens (primary N) is 1. The van der Waals surface area contributed by atoms with Crippen molar-refractivity contribution in [1.29, 1.82) is 0 Å². The zero-order valence-electron chi connectivity index (χ0n) is 12.5. The molecule has 0 radical (unpaired) electrons. The number of benzene rings is 1. The highest BCUT2D eigenvalue weighted by Gasteiger charge is 2.48. The molecule has 2 fully saturated rings. The van der Waals surface area contributed by atoms with E-state index in [1.165, 1.54) is 6.42 Å². The molecule has 22 heavy (non-hydrogen) atoms. The van der Waals surface area contributed by atoms with Gasteiger partial charge in [-0.15, -0.1) is 12.4 Å². The zero-order valence-corrected chi connectivity index (χ0v) is 14.1. The number of amides is 1. The standard InChI is InChI=1S/C16H21ClN2O2.ClH/c1-21-13-7-12(17)5-4-11(13)8-19-16(20)14-9-2-3-10(6-9)15(14)18;/h4-5,7,9-10,14-15H,2-3,6,8,18H2,1H3,(H,19,20);1H. The summed E-state index contributed by atoms with van der Waals surface area (Å²) < 4.78 is 5.29. The van der Waals surface area contributed by atoms with Gasteiger partial charge in [0.1, 0.15) is 5.75 Å². The van der Waals surface area contributed by atoms with E-state index in [-0.39, 0.29) is 30.3 Å². The second kappa shape index (κ2) is 7.07. The fourth-order valence-corrected chi connectivity index (χ4v) is 4.05. The number of rotatable bonds is 4. The van der Waals surface area contributed by atoms with Gasteiger partial charge < -0.3 is 15.8 Å². The third-order valence-corrected chi connectivity index (χ3v) is 5.22. The molecule has 0 heterocycles. The molecule has 0 aromatic heterocycles. The Hall–Kier alpha value is -0.970. The van der Waals surface area contributed by atoms with E-state index in [9.17, 15) is 4.79 Å². The molecular formula is C16H22Cl2N2O2. The molecule has 2 bridgehead atoms. The van der Waals surface area contributed by atoms with Crippen LogP contribution in [0, 0.1) is 17.8 Å². The van der Waals surface area contributed by atoms with Gasteiger partial charge in [-0.1, -0.05) is 17.7 Å². The predicted molar refractivity (Wildman–Crippen MR) is 89.4 cm³/mol. The Balaban J connectivity index is 0.00000176. The highest BCUT2D eigenvalue weighted by atomic mass is 35.5. The first-order valence-electron chi connectivity index (χ1n) is 7.46. The Kier molecular flexibility index (Phi) is 5.59. The predicted octanol–water partition coefficient (Wildman–Crippen LogP) is 2.76. The lowest BCUT2D eigenvalue weighted by Gasteiger charge is -2.27. The molecule has 0 aliphatic heterocycles. The molecule has 1 aromatic carbocycles. The summed E-state index contributed by atoms with van der Waals surface area (Å²) >= 11 is 5.94. The van der Waals surface area contributed by atoms with Gasteiger partial charge in [0.2, 0.25) is 5.91 Å². The van der Waals surface area contributed by atoms with Gasteiger partial charge in [0.15, 0.2) is 0 Å². The number of hydrogen-bond donors (Lipinski definition) is 2.